The number of fused-ring (bicyclic) bond motifs is 1. The smallest absolute Gasteiger partial charge is 0.209 e. The molecule has 180 valence electrons. The lowest BCUT2D eigenvalue weighted by atomic mass is 9.74. The number of hydrogen-bond acceptors (Lipinski definition) is 7. The number of nitrogens with two attached hydrogens (primary N) is 1. The maximum Gasteiger partial charge on any atom is 0.209 e. The van der Waals surface area contributed by atoms with E-state index in [2.05, 4.69) is 30.4 Å². The Bertz CT molecular complexity index is 1340. The van der Waals surface area contributed by atoms with Gasteiger partial charge in [-0.2, -0.15) is 0 Å². The highest BCUT2D eigenvalue weighted by atomic mass is 32.2. The van der Waals surface area contributed by atoms with E-state index in [1.54, 1.807) is 0 Å². The molecule has 3 aliphatic rings. The van der Waals surface area contributed by atoms with Gasteiger partial charge in [-0.15, -0.1) is 0 Å². The molecule has 0 atom stereocenters. The van der Waals surface area contributed by atoms with Gasteiger partial charge in [-0.25, -0.2) is 23.1 Å². The van der Waals surface area contributed by atoms with Crippen molar-refractivity contribution < 1.29 is 13.2 Å². The first kappa shape index (κ1) is 22.0. The fourth-order valence-corrected chi connectivity index (χ4v) is 6.14. The summed E-state index contributed by atoms with van der Waals surface area (Å²) in [5, 5.41) is 0.855. The van der Waals surface area contributed by atoms with Crippen LogP contribution >= 0.6 is 0 Å². The summed E-state index contributed by atoms with van der Waals surface area (Å²) in [6.07, 6.45) is 7.10. The molecule has 0 radical (unpaired) electrons. The van der Waals surface area contributed by atoms with Crippen LogP contribution in [0.4, 0.5) is 5.82 Å². The molecule has 3 aromatic rings. The van der Waals surface area contributed by atoms with Crippen LogP contribution in [0.1, 0.15) is 24.4 Å². The standard InChI is InChI=1S/C24H30N6O3S/c1-34(31,32)28-8-16-3-2-4-18(5-16)20-10-30(23-21(20)22(25)26-15-27-23)19-6-17(7-19)9-29-11-24(12-29)13-33-14-24/h2-5,10,15,17,19,28H,6-9,11-14H2,1H3,(H2,25,26,27). The SMILES string of the molecule is CS(=O)(=O)NCc1cccc(-c2cn(C3CC(CN4CC5(COC5)C4)C3)c3ncnc(N)c23)c1. The molecule has 1 aromatic carbocycles. The molecule has 4 heterocycles. The Morgan fingerprint density at radius 3 is 2.74 bits per heavy atom. The molecule has 1 saturated carbocycles. The van der Waals surface area contributed by atoms with Crippen LogP contribution in [0.15, 0.2) is 36.8 Å². The number of rotatable bonds is 7. The van der Waals surface area contributed by atoms with E-state index in [0.29, 0.717) is 23.2 Å². The number of anilines is 1. The van der Waals surface area contributed by atoms with Crippen molar-refractivity contribution in [2.45, 2.75) is 25.4 Å². The van der Waals surface area contributed by atoms with E-state index in [4.69, 9.17) is 10.5 Å². The van der Waals surface area contributed by atoms with Crippen LogP contribution in [0.3, 0.4) is 0 Å². The monoisotopic (exact) mass is 482 g/mol. The molecule has 3 fully saturated rings. The summed E-state index contributed by atoms with van der Waals surface area (Å²) in [5.41, 5.74) is 10.5. The number of ether oxygens (including phenoxy) is 1. The van der Waals surface area contributed by atoms with Gasteiger partial charge in [-0.3, -0.25) is 0 Å². The largest absolute Gasteiger partial charge is 0.383 e. The van der Waals surface area contributed by atoms with Crippen molar-refractivity contribution in [2.24, 2.45) is 11.3 Å². The fraction of sp³-hybridized carbons (Fsp3) is 0.500. The minimum absolute atomic E-state index is 0.242. The van der Waals surface area contributed by atoms with Crippen LogP contribution in [-0.2, 0) is 21.3 Å². The number of nitrogens with zero attached hydrogens (tertiary/aromatic N) is 4. The molecular formula is C24H30N6O3S. The van der Waals surface area contributed by atoms with Gasteiger partial charge in [0.05, 0.1) is 24.9 Å². The quantitative estimate of drug-likeness (QED) is 0.529. The zero-order valence-electron chi connectivity index (χ0n) is 19.3. The molecule has 2 aromatic heterocycles. The van der Waals surface area contributed by atoms with Crippen molar-refractivity contribution in [3.8, 4) is 11.1 Å². The van der Waals surface area contributed by atoms with Gasteiger partial charge >= 0.3 is 0 Å². The third-order valence-electron chi connectivity index (χ3n) is 7.47. The maximum atomic E-state index is 11.5. The Balaban J connectivity index is 1.22. The van der Waals surface area contributed by atoms with E-state index in [1.165, 1.54) is 19.4 Å². The molecule has 2 aliphatic heterocycles. The van der Waals surface area contributed by atoms with Gasteiger partial charge < -0.3 is 19.9 Å². The second-order valence-corrected chi connectivity index (χ2v) is 12.2. The number of nitrogen functional groups attached to an aromatic ring is 1. The van der Waals surface area contributed by atoms with Crippen molar-refractivity contribution in [1.82, 2.24) is 24.2 Å². The molecule has 34 heavy (non-hydrogen) atoms. The average molecular weight is 483 g/mol. The number of likely N-dealkylation sites (tertiary alicyclic amines) is 1. The predicted molar refractivity (Wildman–Crippen MR) is 131 cm³/mol. The number of sulfonamides is 1. The highest BCUT2D eigenvalue weighted by Crippen LogP contribution is 2.45. The van der Waals surface area contributed by atoms with Crippen molar-refractivity contribution in [3.05, 3.63) is 42.4 Å². The van der Waals surface area contributed by atoms with Gasteiger partial charge in [0.2, 0.25) is 10.0 Å². The van der Waals surface area contributed by atoms with Crippen molar-refractivity contribution in [3.63, 3.8) is 0 Å². The molecule has 1 aliphatic carbocycles. The molecule has 9 nitrogen and oxygen atoms in total. The molecule has 1 spiro atoms. The van der Waals surface area contributed by atoms with Gasteiger partial charge in [0.15, 0.2) is 0 Å². The lowest BCUT2D eigenvalue weighted by molar-refractivity contribution is -0.192. The van der Waals surface area contributed by atoms with E-state index < -0.39 is 10.0 Å². The van der Waals surface area contributed by atoms with E-state index in [1.807, 2.05) is 24.3 Å². The number of aromatic nitrogens is 3. The summed E-state index contributed by atoms with van der Waals surface area (Å²) in [4.78, 5) is 11.4. The lowest BCUT2D eigenvalue weighted by Gasteiger charge is -2.56. The zero-order chi connectivity index (χ0) is 23.5. The summed E-state index contributed by atoms with van der Waals surface area (Å²) in [6.45, 7) is 5.63. The van der Waals surface area contributed by atoms with Crippen LogP contribution in [0.2, 0.25) is 0 Å². The van der Waals surface area contributed by atoms with Crippen molar-refractivity contribution in [1.29, 1.82) is 0 Å². The Morgan fingerprint density at radius 1 is 1.24 bits per heavy atom. The topological polar surface area (TPSA) is 115 Å². The first-order valence-electron chi connectivity index (χ1n) is 11.7. The molecule has 6 rings (SSSR count). The average Bonchev–Trinajstić information content (AvgIpc) is 3.09. The summed E-state index contributed by atoms with van der Waals surface area (Å²) in [5.74, 6) is 1.16. The van der Waals surface area contributed by atoms with Gasteiger partial charge in [0.25, 0.3) is 0 Å². The first-order chi connectivity index (χ1) is 16.3. The maximum absolute atomic E-state index is 11.5. The number of hydrogen-bond donors (Lipinski definition) is 2. The summed E-state index contributed by atoms with van der Waals surface area (Å²) >= 11 is 0. The van der Waals surface area contributed by atoms with Gasteiger partial charge in [-0.05, 0) is 36.0 Å². The zero-order valence-corrected chi connectivity index (χ0v) is 20.1. The number of nitrogens with one attached hydrogen (secondary N) is 1. The van der Waals surface area contributed by atoms with Crippen LogP contribution in [-0.4, -0.2) is 67.0 Å². The van der Waals surface area contributed by atoms with Crippen molar-refractivity contribution >= 4 is 26.9 Å². The second kappa shape index (κ2) is 8.01. The first-order valence-corrected chi connectivity index (χ1v) is 13.6. The molecule has 0 unspecified atom stereocenters. The molecule has 10 heteroatoms. The molecule has 3 N–H and O–H groups in total. The molecule has 0 bridgehead atoms. The van der Waals surface area contributed by atoms with Crippen LogP contribution in [0, 0.1) is 11.3 Å². The van der Waals surface area contributed by atoms with Gasteiger partial charge in [0.1, 0.15) is 17.8 Å². The van der Waals surface area contributed by atoms with Crippen LogP contribution in [0.5, 0.6) is 0 Å². The Labute approximate surface area is 199 Å². The normalized spacial score (nSPS) is 24.0. The van der Waals surface area contributed by atoms with E-state index >= 15 is 0 Å². The number of benzene rings is 1. The van der Waals surface area contributed by atoms with Crippen molar-refractivity contribution in [2.75, 3.05) is 44.8 Å². The Hall–Kier alpha value is -2.53. The third kappa shape index (κ3) is 3.98. The fourth-order valence-electron chi connectivity index (χ4n) is 5.72. The summed E-state index contributed by atoms with van der Waals surface area (Å²) < 4.78 is 33.2. The minimum atomic E-state index is -3.26. The summed E-state index contributed by atoms with van der Waals surface area (Å²) in [7, 11) is -3.26. The minimum Gasteiger partial charge on any atom is -0.383 e. The summed E-state index contributed by atoms with van der Waals surface area (Å²) in [6, 6.07) is 8.25. The van der Waals surface area contributed by atoms with Gasteiger partial charge in [-0.1, -0.05) is 18.2 Å². The second-order valence-electron chi connectivity index (χ2n) is 10.4. The highest BCUT2D eigenvalue weighted by molar-refractivity contribution is 7.88. The van der Waals surface area contributed by atoms with Crippen LogP contribution in [0.25, 0.3) is 22.2 Å². The van der Waals surface area contributed by atoms with E-state index in [0.717, 1.165) is 66.6 Å². The lowest BCUT2D eigenvalue weighted by Crippen LogP contribution is -2.66. The van der Waals surface area contributed by atoms with E-state index in [-0.39, 0.29) is 6.54 Å². The van der Waals surface area contributed by atoms with Crippen LogP contribution < -0.4 is 10.5 Å². The Morgan fingerprint density at radius 2 is 2.03 bits per heavy atom. The van der Waals surface area contributed by atoms with E-state index in [9.17, 15) is 8.42 Å². The molecular weight excluding hydrogens is 452 g/mol. The Kier molecular flexibility index (Phi) is 5.18. The molecule has 0 amide bonds. The van der Waals surface area contributed by atoms with Gasteiger partial charge in [0, 0.05) is 49.4 Å². The molecule has 2 saturated heterocycles. The highest BCUT2D eigenvalue weighted by Gasteiger charge is 2.49. The third-order valence-corrected chi connectivity index (χ3v) is 8.14. The predicted octanol–water partition coefficient (Wildman–Crippen LogP) is 2.01.